The van der Waals surface area contributed by atoms with Gasteiger partial charge < -0.3 is 10.2 Å². The molecule has 1 N–H and O–H groups in total. The number of anilines is 1. The van der Waals surface area contributed by atoms with E-state index in [0.29, 0.717) is 31.1 Å². The maximum atomic E-state index is 12.5. The molecule has 2 heterocycles. The van der Waals surface area contributed by atoms with Gasteiger partial charge in [-0.25, -0.2) is 0 Å². The lowest BCUT2D eigenvalue weighted by Crippen LogP contribution is -2.45. The van der Waals surface area contributed by atoms with E-state index in [4.69, 9.17) is 0 Å². The highest BCUT2D eigenvalue weighted by molar-refractivity contribution is 7.15. The van der Waals surface area contributed by atoms with Crippen molar-refractivity contribution >= 4 is 28.3 Å². The van der Waals surface area contributed by atoms with Crippen LogP contribution in [0.3, 0.4) is 0 Å². The molecule has 0 saturated carbocycles. The molecule has 1 saturated heterocycles. The van der Waals surface area contributed by atoms with Crippen molar-refractivity contribution in [2.45, 2.75) is 85.5 Å². The largest absolute Gasteiger partial charge is 0.342 e. The number of carbonyl (C=O) groups excluding carboxylic acids is 2. The highest BCUT2D eigenvalue weighted by atomic mass is 32.1. The van der Waals surface area contributed by atoms with Gasteiger partial charge in [-0.3, -0.25) is 9.59 Å². The van der Waals surface area contributed by atoms with Crippen LogP contribution in [0.4, 0.5) is 5.13 Å². The zero-order valence-corrected chi connectivity index (χ0v) is 18.7. The highest BCUT2D eigenvalue weighted by Gasteiger charge is 2.32. The molecule has 1 aliphatic rings. The Bertz CT molecular complexity index is 631. The average Bonchev–Trinajstić information content (AvgIpc) is 3.10. The number of hydrogen-bond donors (Lipinski definition) is 1. The number of aromatic nitrogens is 2. The van der Waals surface area contributed by atoms with Crippen molar-refractivity contribution in [3.8, 4) is 0 Å². The first-order valence-electron chi connectivity index (χ1n) is 10.7. The Hall–Kier alpha value is -1.50. The predicted molar refractivity (Wildman–Crippen MR) is 114 cm³/mol. The van der Waals surface area contributed by atoms with Crippen molar-refractivity contribution in [1.82, 2.24) is 15.1 Å². The molecular weight excluding hydrogens is 372 g/mol. The maximum Gasteiger partial charge on any atom is 0.229 e. The van der Waals surface area contributed by atoms with Gasteiger partial charge in [-0.05, 0) is 19.3 Å². The van der Waals surface area contributed by atoms with Crippen molar-refractivity contribution in [3.05, 3.63) is 5.01 Å². The van der Waals surface area contributed by atoms with Crippen LogP contribution in [-0.4, -0.2) is 40.0 Å². The first kappa shape index (κ1) is 22.8. The molecule has 158 valence electrons. The first-order chi connectivity index (χ1) is 13.3. The average molecular weight is 409 g/mol. The Kier molecular flexibility index (Phi) is 8.86. The van der Waals surface area contributed by atoms with Gasteiger partial charge in [0.15, 0.2) is 0 Å². The highest BCUT2D eigenvalue weighted by Crippen LogP contribution is 2.25. The maximum absolute atomic E-state index is 12.5. The van der Waals surface area contributed by atoms with E-state index in [-0.39, 0.29) is 23.1 Å². The van der Waals surface area contributed by atoms with Gasteiger partial charge >= 0.3 is 0 Å². The molecule has 0 unspecified atom stereocenters. The van der Waals surface area contributed by atoms with Crippen LogP contribution in [0.25, 0.3) is 0 Å². The summed E-state index contributed by atoms with van der Waals surface area (Å²) in [5, 5.41) is 12.9. The van der Waals surface area contributed by atoms with Crippen LogP contribution in [0.5, 0.6) is 0 Å². The molecule has 7 heteroatoms. The number of rotatable bonds is 9. The third kappa shape index (κ3) is 7.15. The normalized spacial score (nSPS) is 15.6. The summed E-state index contributed by atoms with van der Waals surface area (Å²) in [4.78, 5) is 26.8. The molecule has 0 aromatic carbocycles. The quantitative estimate of drug-likeness (QED) is 0.603. The summed E-state index contributed by atoms with van der Waals surface area (Å²) in [6.07, 6.45) is 9.89. The van der Waals surface area contributed by atoms with Crippen LogP contribution in [0.15, 0.2) is 0 Å². The molecule has 1 aliphatic heterocycles. The van der Waals surface area contributed by atoms with Crippen molar-refractivity contribution in [3.63, 3.8) is 0 Å². The topological polar surface area (TPSA) is 75.2 Å². The van der Waals surface area contributed by atoms with E-state index in [2.05, 4.69) is 22.4 Å². The summed E-state index contributed by atoms with van der Waals surface area (Å²) in [5.74, 6) is 0.106. The fourth-order valence-corrected chi connectivity index (χ4v) is 4.27. The van der Waals surface area contributed by atoms with Gasteiger partial charge in [-0.2, -0.15) is 0 Å². The molecule has 2 rings (SSSR count). The lowest BCUT2D eigenvalue weighted by Gasteiger charge is -2.35. The number of amides is 2. The molecule has 0 bridgehead atoms. The second-order valence-electron chi connectivity index (χ2n) is 8.82. The van der Waals surface area contributed by atoms with E-state index in [1.807, 2.05) is 25.7 Å². The second-order valence-corrected chi connectivity index (χ2v) is 9.89. The number of carbonyl (C=O) groups is 2. The molecule has 6 nitrogen and oxygen atoms in total. The third-order valence-corrected chi connectivity index (χ3v) is 6.13. The molecule has 1 aromatic heterocycles. The Morgan fingerprint density at radius 2 is 1.71 bits per heavy atom. The molecule has 0 aliphatic carbocycles. The van der Waals surface area contributed by atoms with Crippen molar-refractivity contribution in [2.24, 2.45) is 11.3 Å². The molecule has 0 atom stereocenters. The predicted octanol–water partition coefficient (Wildman–Crippen LogP) is 4.66. The number of likely N-dealkylation sites (tertiary alicyclic amines) is 1. The molecule has 1 aromatic rings. The van der Waals surface area contributed by atoms with Gasteiger partial charge in [0.2, 0.25) is 16.9 Å². The smallest absolute Gasteiger partial charge is 0.229 e. The lowest BCUT2D eigenvalue weighted by atomic mass is 9.91. The van der Waals surface area contributed by atoms with E-state index >= 15 is 0 Å². The zero-order chi connectivity index (χ0) is 20.6. The molecule has 28 heavy (non-hydrogen) atoms. The van der Waals surface area contributed by atoms with Crippen LogP contribution >= 0.6 is 11.3 Å². The zero-order valence-electron chi connectivity index (χ0n) is 17.9. The number of nitrogens with zero attached hydrogens (tertiary/aromatic N) is 3. The minimum atomic E-state index is -0.367. The monoisotopic (exact) mass is 408 g/mol. The van der Waals surface area contributed by atoms with E-state index in [9.17, 15) is 9.59 Å². The summed E-state index contributed by atoms with van der Waals surface area (Å²) in [7, 11) is 0. The number of piperidine rings is 1. The van der Waals surface area contributed by atoms with Crippen LogP contribution in [0.2, 0.25) is 0 Å². The number of hydrogen-bond acceptors (Lipinski definition) is 5. The van der Waals surface area contributed by atoms with Gasteiger partial charge in [0, 0.05) is 30.8 Å². The van der Waals surface area contributed by atoms with E-state index in [0.717, 1.165) is 17.8 Å². The number of nitrogens with one attached hydrogen (secondary N) is 1. The van der Waals surface area contributed by atoms with Gasteiger partial charge in [0.05, 0.1) is 0 Å². The molecule has 2 amide bonds. The van der Waals surface area contributed by atoms with Crippen molar-refractivity contribution in [2.75, 3.05) is 18.4 Å². The summed E-state index contributed by atoms with van der Waals surface area (Å²) >= 11 is 1.48. The van der Waals surface area contributed by atoms with E-state index in [1.54, 1.807) is 0 Å². The fraction of sp³-hybridized carbons (Fsp3) is 0.810. The SMILES string of the molecule is CCCCCCCCc1nnc(NC(=O)C2CCN(C(=O)C(C)(C)C)CC2)s1. The van der Waals surface area contributed by atoms with E-state index in [1.165, 1.54) is 43.4 Å². The fourth-order valence-electron chi connectivity index (χ4n) is 3.49. The third-order valence-electron chi connectivity index (χ3n) is 5.24. The minimum absolute atomic E-state index is 0.00474. The minimum Gasteiger partial charge on any atom is -0.342 e. The molecule has 1 fully saturated rings. The Morgan fingerprint density at radius 1 is 1.07 bits per heavy atom. The Morgan fingerprint density at radius 3 is 2.36 bits per heavy atom. The van der Waals surface area contributed by atoms with Gasteiger partial charge in [-0.15, -0.1) is 10.2 Å². The standard InChI is InChI=1S/C21H36N4O2S/c1-5-6-7-8-9-10-11-17-23-24-20(28-17)22-18(26)16-12-14-25(15-13-16)19(27)21(2,3)4/h16H,5-15H2,1-4H3,(H,22,24,26). The molecule has 0 radical (unpaired) electrons. The van der Waals surface area contributed by atoms with Gasteiger partial charge in [0.1, 0.15) is 5.01 Å². The first-order valence-corrected chi connectivity index (χ1v) is 11.6. The van der Waals surface area contributed by atoms with Crippen molar-refractivity contribution in [1.29, 1.82) is 0 Å². The van der Waals surface area contributed by atoms with E-state index < -0.39 is 0 Å². The summed E-state index contributed by atoms with van der Waals surface area (Å²) in [6.45, 7) is 9.33. The van der Waals surface area contributed by atoms with Crippen LogP contribution in [0.1, 0.15) is 84.1 Å². The lowest BCUT2D eigenvalue weighted by molar-refractivity contribution is -0.142. The summed E-state index contributed by atoms with van der Waals surface area (Å²) in [6, 6.07) is 0. The molecule has 0 spiro atoms. The molecular formula is C21H36N4O2S. The second kappa shape index (κ2) is 10.9. The Labute approximate surface area is 173 Å². The number of aryl methyl sites for hydroxylation is 1. The Balaban J connectivity index is 1.71. The summed E-state index contributed by atoms with van der Waals surface area (Å²) < 4.78 is 0. The van der Waals surface area contributed by atoms with Gasteiger partial charge in [0.25, 0.3) is 0 Å². The van der Waals surface area contributed by atoms with Crippen LogP contribution in [-0.2, 0) is 16.0 Å². The van der Waals surface area contributed by atoms with Crippen LogP contribution in [0, 0.1) is 11.3 Å². The van der Waals surface area contributed by atoms with Crippen molar-refractivity contribution < 1.29 is 9.59 Å². The van der Waals surface area contributed by atoms with Crippen LogP contribution < -0.4 is 5.32 Å². The van der Waals surface area contributed by atoms with Gasteiger partial charge in [-0.1, -0.05) is 71.1 Å². The number of unbranched alkanes of at least 4 members (excludes halogenated alkanes) is 5. The summed E-state index contributed by atoms with van der Waals surface area (Å²) in [5.41, 5.74) is -0.367.